The van der Waals surface area contributed by atoms with Crippen LogP contribution < -0.4 is 10.6 Å². The quantitative estimate of drug-likeness (QED) is 0.592. The summed E-state index contributed by atoms with van der Waals surface area (Å²) in [7, 11) is 0. The zero-order chi connectivity index (χ0) is 10.6. The molecule has 1 aliphatic rings. The van der Waals surface area contributed by atoms with Crippen LogP contribution in [0.1, 0.15) is 26.7 Å². The largest absolute Gasteiger partial charge is 0.391 e. The van der Waals surface area contributed by atoms with Crippen molar-refractivity contribution in [2.24, 2.45) is 5.92 Å². The van der Waals surface area contributed by atoms with Crippen LogP contribution in [0.2, 0.25) is 0 Å². The number of carbonyl (C=O) groups is 1. The molecule has 1 heterocycles. The lowest BCUT2D eigenvalue weighted by Gasteiger charge is -2.17. The second-order valence-electron chi connectivity index (χ2n) is 4.21. The first-order valence-corrected chi connectivity index (χ1v) is 5.30. The second-order valence-corrected chi connectivity index (χ2v) is 4.21. The van der Waals surface area contributed by atoms with Crippen molar-refractivity contribution in [2.75, 3.05) is 13.1 Å². The molecule has 14 heavy (non-hydrogen) atoms. The average Bonchev–Trinajstić information content (AvgIpc) is 2.66. The van der Waals surface area contributed by atoms with Gasteiger partial charge in [0.25, 0.3) is 0 Å². The van der Waals surface area contributed by atoms with E-state index >= 15 is 0 Å². The van der Waals surface area contributed by atoms with Crippen LogP contribution in [0.3, 0.4) is 0 Å². The number of aliphatic hydroxyl groups excluding tert-OH is 1. The van der Waals surface area contributed by atoms with Crippen molar-refractivity contribution in [3.05, 3.63) is 0 Å². The lowest BCUT2D eigenvalue weighted by atomic mass is 10.1. The summed E-state index contributed by atoms with van der Waals surface area (Å²) in [6.07, 6.45) is 1.52. The van der Waals surface area contributed by atoms with Crippen LogP contribution in [0, 0.1) is 5.92 Å². The third-order valence-corrected chi connectivity index (χ3v) is 2.63. The summed E-state index contributed by atoms with van der Waals surface area (Å²) >= 11 is 0. The molecule has 1 saturated heterocycles. The highest BCUT2D eigenvalue weighted by Crippen LogP contribution is 2.05. The van der Waals surface area contributed by atoms with E-state index in [0.717, 1.165) is 19.4 Å². The molecular formula is C10H20N2O2. The molecule has 0 spiro atoms. The van der Waals surface area contributed by atoms with E-state index in [9.17, 15) is 9.90 Å². The van der Waals surface area contributed by atoms with E-state index in [1.165, 1.54) is 0 Å². The fourth-order valence-corrected chi connectivity index (χ4v) is 1.47. The maximum absolute atomic E-state index is 11.5. The zero-order valence-electron chi connectivity index (χ0n) is 8.92. The number of amides is 1. The van der Waals surface area contributed by atoms with Crippen LogP contribution in [-0.4, -0.2) is 36.2 Å². The highest BCUT2D eigenvalue weighted by molar-refractivity contribution is 5.81. The van der Waals surface area contributed by atoms with Gasteiger partial charge in [-0.3, -0.25) is 4.79 Å². The normalized spacial score (nSPS) is 23.9. The topological polar surface area (TPSA) is 61.4 Å². The molecule has 0 saturated carbocycles. The number of carbonyl (C=O) groups excluding carboxylic acids is 1. The maximum Gasteiger partial charge on any atom is 0.237 e. The fraction of sp³-hybridized carbons (Fsp3) is 0.900. The van der Waals surface area contributed by atoms with Gasteiger partial charge in [-0.2, -0.15) is 0 Å². The lowest BCUT2D eigenvalue weighted by Crippen LogP contribution is -2.44. The molecule has 4 nitrogen and oxygen atoms in total. The highest BCUT2D eigenvalue weighted by atomic mass is 16.3. The summed E-state index contributed by atoms with van der Waals surface area (Å²) in [5.74, 6) is 0.203. The molecule has 1 amide bonds. The molecule has 0 aromatic carbocycles. The van der Waals surface area contributed by atoms with E-state index in [2.05, 4.69) is 10.6 Å². The third-order valence-electron chi connectivity index (χ3n) is 2.63. The molecule has 3 N–H and O–H groups in total. The van der Waals surface area contributed by atoms with Crippen LogP contribution >= 0.6 is 0 Å². The summed E-state index contributed by atoms with van der Waals surface area (Å²) in [6.45, 7) is 5.15. The van der Waals surface area contributed by atoms with Crippen molar-refractivity contribution < 1.29 is 9.90 Å². The van der Waals surface area contributed by atoms with Gasteiger partial charge in [0.1, 0.15) is 0 Å². The molecule has 0 aliphatic carbocycles. The highest BCUT2D eigenvalue weighted by Gasteiger charge is 2.22. The van der Waals surface area contributed by atoms with Gasteiger partial charge < -0.3 is 15.7 Å². The van der Waals surface area contributed by atoms with E-state index < -0.39 is 6.10 Å². The molecule has 1 rings (SSSR count). The Hall–Kier alpha value is -0.610. The molecule has 2 atom stereocenters. The predicted octanol–water partition coefficient (Wildman–Crippen LogP) is -0.128. The Morgan fingerprint density at radius 3 is 2.86 bits per heavy atom. The second kappa shape index (κ2) is 5.32. The predicted molar refractivity (Wildman–Crippen MR) is 54.9 cm³/mol. The van der Waals surface area contributed by atoms with Crippen LogP contribution in [0.25, 0.3) is 0 Å². The van der Waals surface area contributed by atoms with Gasteiger partial charge in [0.2, 0.25) is 5.91 Å². The first-order valence-electron chi connectivity index (χ1n) is 5.30. The molecule has 1 fully saturated rings. The van der Waals surface area contributed by atoms with Crippen LogP contribution in [0.4, 0.5) is 0 Å². The Morgan fingerprint density at radius 1 is 1.64 bits per heavy atom. The van der Waals surface area contributed by atoms with E-state index in [1.807, 2.05) is 13.8 Å². The number of hydrogen-bond donors (Lipinski definition) is 3. The fourth-order valence-electron chi connectivity index (χ4n) is 1.47. The van der Waals surface area contributed by atoms with Crippen LogP contribution in [-0.2, 0) is 4.79 Å². The van der Waals surface area contributed by atoms with Gasteiger partial charge in [0, 0.05) is 6.54 Å². The number of rotatable bonds is 4. The molecule has 0 aromatic rings. The van der Waals surface area contributed by atoms with Gasteiger partial charge in [0.05, 0.1) is 12.1 Å². The van der Waals surface area contributed by atoms with Gasteiger partial charge in [-0.25, -0.2) is 0 Å². The minimum absolute atomic E-state index is 0.0159. The van der Waals surface area contributed by atoms with Crippen molar-refractivity contribution in [1.82, 2.24) is 10.6 Å². The smallest absolute Gasteiger partial charge is 0.237 e. The van der Waals surface area contributed by atoms with Gasteiger partial charge >= 0.3 is 0 Å². The Kier molecular flexibility index (Phi) is 4.35. The SMILES string of the molecule is CC(C)C(O)CNC(=O)[C@@H]1CCCN1. The molecule has 1 aliphatic heterocycles. The first-order chi connectivity index (χ1) is 6.61. The Balaban J connectivity index is 2.20. The molecule has 4 heteroatoms. The van der Waals surface area contributed by atoms with Gasteiger partial charge in [-0.15, -0.1) is 0 Å². The van der Waals surface area contributed by atoms with Crippen molar-refractivity contribution in [1.29, 1.82) is 0 Å². The molecule has 82 valence electrons. The van der Waals surface area contributed by atoms with Crippen molar-refractivity contribution in [3.63, 3.8) is 0 Å². The Bertz CT molecular complexity index is 189. The lowest BCUT2D eigenvalue weighted by molar-refractivity contribution is -0.123. The van der Waals surface area contributed by atoms with Crippen molar-refractivity contribution in [3.8, 4) is 0 Å². The first kappa shape index (κ1) is 11.5. The summed E-state index contributed by atoms with van der Waals surface area (Å²) in [6, 6.07) is -0.0469. The summed E-state index contributed by atoms with van der Waals surface area (Å²) in [4.78, 5) is 11.5. The molecular weight excluding hydrogens is 180 g/mol. The van der Waals surface area contributed by atoms with Gasteiger partial charge in [0.15, 0.2) is 0 Å². The van der Waals surface area contributed by atoms with Gasteiger partial charge in [-0.05, 0) is 25.3 Å². The molecule has 0 radical (unpaired) electrons. The van der Waals surface area contributed by atoms with Crippen molar-refractivity contribution in [2.45, 2.75) is 38.8 Å². The summed E-state index contributed by atoms with van der Waals surface area (Å²) in [5.41, 5.74) is 0. The van der Waals surface area contributed by atoms with E-state index in [-0.39, 0.29) is 17.9 Å². The molecule has 1 unspecified atom stereocenters. The Morgan fingerprint density at radius 2 is 2.36 bits per heavy atom. The van der Waals surface area contributed by atoms with Crippen LogP contribution in [0.5, 0.6) is 0 Å². The standard InChI is InChI=1S/C10H20N2O2/c1-7(2)9(13)6-12-10(14)8-4-3-5-11-8/h7-9,11,13H,3-6H2,1-2H3,(H,12,14)/t8-,9?/m0/s1. The maximum atomic E-state index is 11.5. The summed E-state index contributed by atoms with van der Waals surface area (Å²) < 4.78 is 0. The average molecular weight is 200 g/mol. The van der Waals surface area contributed by atoms with E-state index in [4.69, 9.17) is 0 Å². The third kappa shape index (κ3) is 3.27. The number of aliphatic hydroxyl groups is 1. The zero-order valence-corrected chi connectivity index (χ0v) is 8.92. The summed E-state index contributed by atoms with van der Waals surface area (Å²) in [5, 5.41) is 15.4. The molecule has 0 aromatic heterocycles. The number of hydrogen-bond acceptors (Lipinski definition) is 3. The van der Waals surface area contributed by atoms with E-state index in [0.29, 0.717) is 6.54 Å². The number of nitrogens with one attached hydrogen (secondary N) is 2. The monoisotopic (exact) mass is 200 g/mol. The molecule has 0 bridgehead atoms. The minimum atomic E-state index is -0.444. The van der Waals surface area contributed by atoms with Crippen LogP contribution in [0.15, 0.2) is 0 Å². The van der Waals surface area contributed by atoms with Crippen molar-refractivity contribution >= 4 is 5.91 Å². The van der Waals surface area contributed by atoms with Gasteiger partial charge in [-0.1, -0.05) is 13.8 Å². The minimum Gasteiger partial charge on any atom is -0.391 e. The Labute approximate surface area is 85.1 Å². The van der Waals surface area contributed by atoms with E-state index in [1.54, 1.807) is 0 Å².